The Labute approximate surface area is 135 Å². The number of amides is 1. The number of nitrogens with zero attached hydrogens (tertiary/aromatic N) is 3. The molecule has 1 aliphatic heterocycles. The SMILES string of the molecule is CC(C(=O)NCc1ccc(-n2cncn2)cc1)C1CNC1.Cl. The first-order valence-corrected chi connectivity index (χ1v) is 7.16. The van der Waals surface area contributed by atoms with Crippen molar-refractivity contribution in [2.75, 3.05) is 13.1 Å². The molecule has 22 heavy (non-hydrogen) atoms. The van der Waals surface area contributed by atoms with E-state index >= 15 is 0 Å². The van der Waals surface area contributed by atoms with Crippen LogP contribution in [0.5, 0.6) is 0 Å². The molecule has 1 aliphatic rings. The van der Waals surface area contributed by atoms with E-state index < -0.39 is 0 Å². The van der Waals surface area contributed by atoms with Crippen LogP contribution in [-0.4, -0.2) is 33.8 Å². The van der Waals surface area contributed by atoms with E-state index in [2.05, 4.69) is 20.7 Å². The zero-order valence-corrected chi connectivity index (χ0v) is 13.2. The third kappa shape index (κ3) is 3.64. The second kappa shape index (κ2) is 7.38. The Hall–Kier alpha value is -1.92. The first-order chi connectivity index (χ1) is 10.2. The average molecular weight is 322 g/mol. The Bertz CT molecular complexity index is 595. The van der Waals surface area contributed by atoms with Gasteiger partial charge in [0, 0.05) is 12.5 Å². The lowest BCUT2D eigenvalue weighted by molar-refractivity contribution is -0.126. The molecule has 3 rings (SSSR count). The molecule has 118 valence electrons. The van der Waals surface area contributed by atoms with Crippen LogP contribution in [0.3, 0.4) is 0 Å². The fourth-order valence-corrected chi connectivity index (χ4v) is 2.34. The molecule has 1 aromatic heterocycles. The van der Waals surface area contributed by atoms with Gasteiger partial charge in [-0.3, -0.25) is 4.79 Å². The van der Waals surface area contributed by atoms with Gasteiger partial charge in [0.15, 0.2) is 0 Å². The van der Waals surface area contributed by atoms with Crippen LogP contribution in [-0.2, 0) is 11.3 Å². The van der Waals surface area contributed by atoms with Crippen LogP contribution < -0.4 is 10.6 Å². The molecule has 1 fully saturated rings. The zero-order valence-electron chi connectivity index (χ0n) is 12.4. The quantitative estimate of drug-likeness (QED) is 0.867. The highest BCUT2D eigenvalue weighted by molar-refractivity contribution is 5.85. The molecule has 2 heterocycles. The van der Waals surface area contributed by atoms with Crippen LogP contribution >= 0.6 is 12.4 Å². The summed E-state index contributed by atoms with van der Waals surface area (Å²) >= 11 is 0. The summed E-state index contributed by atoms with van der Waals surface area (Å²) < 4.78 is 1.70. The topological polar surface area (TPSA) is 71.8 Å². The molecule has 1 unspecified atom stereocenters. The Kier molecular flexibility index (Phi) is 5.51. The maximum Gasteiger partial charge on any atom is 0.223 e. The van der Waals surface area contributed by atoms with Crippen molar-refractivity contribution in [3.63, 3.8) is 0 Å². The van der Waals surface area contributed by atoms with Crippen molar-refractivity contribution in [1.82, 2.24) is 25.4 Å². The van der Waals surface area contributed by atoms with Crippen molar-refractivity contribution in [3.05, 3.63) is 42.5 Å². The minimum Gasteiger partial charge on any atom is -0.352 e. The van der Waals surface area contributed by atoms with Gasteiger partial charge < -0.3 is 10.6 Å². The maximum atomic E-state index is 12.0. The summed E-state index contributed by atoms with van der Waals surface area (Å²) in [4.78, 5) is 16.0. The lowest BCUT2D eigenvalue weighted by Gasteiger charge is -2.31. The number of aromatic nitrogens is 3. The van der Waals surface area contributed by atoms with E-state index in [1.165, 1.54) is 6.33 Å². The zero-order chi connectivity index (χ0) is 14.7. The van der Waals surface area contributed by atoms with Gasteiger partial charge in [0.25, 0.3) is 0 Å². The van der Waals surface area contributed by atoms with E-state index in [4.69, 9.17) is 0 Å². The van der Waals surface area contributed by atoms with Crippen LogP contribution in [0.25, 0.3) is 5.69 Å². The predicted molar refractivity (Wildman–Crippen MR) is 86.0 cm³/mol. The van der Waals surface area contributed by atoms with Crippen LogP contribution in [0.2, 0.25) is 0 Å². The minimum atomic E-state index is 0. The highest BCUT2D eigenvalue weighted by atomic mass is 35.5. The fraction of sp³-hybridized carbons (Fsp3) is 0.400. The molecular formula is C15H20ClN5O. The molecule has 0 aliphatic carbocycles. The molecule has 2 aromatic rings. The molecule has 1 amide bonds. The second-order valence-corrected chi connectivity index (χ2v) is 5.43. The first-order valence-electron chi connectivity index (χ1n) is 7.16. The van der Waals surface area contributed by atoms with Gasteiger partial charge in [0.05, 0.1) is 5.69 Å². The summed E-state index contributed by atoms with van der Waals surface area (Å²) in [6.45, 7) is 4.44. The number of carbonyl (C=O) groups excluding carboxylic acids is 1. The van der Waals surface area contributed by atoms with Gasteiger partial charge in [-0.05, 0) is 36.7 Å². The largest absolute Gasteiger partial charge is 0.352 e. The first kappa shape index (κ1) is 16.5. The molecule has 0 spiro atoms. The average Bonchev–Trinajstić information content (AvgIpc) is 2.97. The number of benzene rings is 1. The monoisotopic (exact) mass is 321 g/mol. The third-order valence-electron chi connectivity index (χ3n) is 4.02. The molecular weight excluding hydrogens is 302 g/mol. The van der Waals surface area contributed by atoms with Gasteiger partial charge in [0.2, 0.25) is 5.91 Å². The fourth-order valence-electron chi connectivity index (χ4n) is 2.34. The molecule has 0 saturated carbocycles. The Balaban J connectivity index is 0.00000176. The maximum absolute atomic E-state index is 12.0. The highest BCUT2D eigenvalue weighted by Gasteiger charge is 2.28. The van der Waals surface area contributed by atoms with Gasteiger partial charge in [0.1, 0.15) is 12.7 Å². The van der Waals surface area contributed by atoms with Crippen molar-refractivity contribution in [3.8, 4) is 5.69 Å². The lowest BCUT2D eigenvalue weighted by Crippen LogP contribution is -2.49. The second-order valence-electron chi connectivity index (χ2n) is 5.43. The smallest absolute Gasteiger partial charge is 0.223 e. The molecule has 0 radical (unpaired) electrons. The highest BCUT2D eigenvalue weighted by Crippen LogP contribution is 2.16. The molecule has 1 atom stereocenters. The number of hydrogen-bond acceptors (Lipinski definition) is 4. The molecule has 0 bridgehead atoms. The molecule has 1 saturated heterocycles. The Morgan fingerprint density at radius 2 is 2.14 bits per heavy atom. The number of hydrogen-bond donors (Lipinski definition) is 2. The molecule has 6 nitrogen and oxygen atoms in total. The van der Waals surface area contributed by atoms with Gasteiger partial charge in [-0.25, -0.2) is 9.67 Å². The number of halogens is 1. The van der Waals surface area contributed by atoms with Gasteiger partial charge >= 0.3 is 0 Å². The standard InChI is InChI=1S/C15H19N5O.ClH/c1-11(13-7-16-8-13)15(21)18-6-12-2-4-14(5-3-12)20-10-17-9-19-20;/h2-5,9-11,13,16H,6-8H2,1H3,(H,18,21);1H. The Morgan fingerprint density at radius 3 is 2.68 bits per heavy atom. The van der Waals surface area contributed by atoms with Crippen LogP contribution in [0.15, 0.2) is 36.9 Å². The predicted octanol–water partition coefficient (Wildman–Crippen LogP) is 1.16. The van der Waals surface area contributed by atoms with E-state index in [9.17, 15) is 4.79 Å². The van der Waals surface area contributed by atoms with Gasteiger partial charge in [-0.15, -0.1) is 12.4 Å². The lowest BCUT2D eigenvalue weighted by atomic mass is 9.88. The minimum absolute atomic E-state index is 0. The number of rotatable bonds is 5. The van der Waals surface area contributed by atoms with E-state index in [0.717, 1.165) is 24.3 Å². The van der Waals surface area contributed by atoms with Crippen LogP contribution in [0, 0.1) is 11.8 Å². The molecule has 2 N–H and O–H groups in total. The summed E-state index contributed by atoms with van der Waals surface area (Å²) in [6.07, 6.45) is 3.16. The molecule has 7 heteroatoms. The third-order valence-corrected chi connectivity index (χ3v) is 4.02. The summed E-state index contributed by atoms with van der Waals surface area (Å²) in [7, 11) is 0. The van der Waals surface area contributed by atoms with Crippen LogP contribution in [0.1, 0.15) is 12.5 Å². The summed E-state index contributed by atoms with van der Waals surface area (Å²) in [6, 6.07) is 7.92. The van der Waals surface area contributed by atoms with Crippen molar-refractivity contribution in [2.24, 2.45) is 11.8 Å². The van der Waals surface area contributed by atoms with E-state index in [-0.39, 0.29) is 24.2 Å². The Morgan fingerprint density at radius 1 is 1.41 bits per heavy atom. The summed E-state index contributed by atoms with van der Waals surface area (Å²) in [5, 5.41) is 10.3. The van der Waals surface area contributed by atoms with Gasteiger partial charge in [-0.1, -0.05) is 19.1 Å². The van der Waals surface area contributed by atoms with Crippen LogP contribution in [0.4, 0.5) is 0 Å². The van der Waals surface area contributed by atoms with Crippen molar-refractivity contribution in [1.29, 1.82) is 0 Å². The normalized spacial score (nSPS) is 15.5. The van der Waals surface area contributed by atoms with E-state index in [0.29, 0.717) is 12.5 Å². The summed E-state index contributed by atoms with van der Waals surface area (Å²) in [5.74, 6) is 0.669. The van der Waals surface area contributed by atoms with E-state index in [1.807, 2.05) is 31.2 Å². The number of nitrogens with one attached hydrogen (secondary N) is 2. The number of carbonyl (C=O) groups is 1. The van der Waals surface area contributed by atoms with Gasteiger partial charge in [-0.2, -0.15) is 5.10 Å². The van der Waals surface area contributed by atoms with Crippen molar-refractivity contribution >= 4 is 18.3 Å². The summed E-state index contributed by atoms with van der Waals surface area (Å²) in [5.41, 5.74) is 2.03. The van der Waals surface area contributed by atoms with E-state index in [1.54, 1.807) is 11.0 Å². The van der Waals surface area contributed by atoms with Crippen molar-refractivity contribution < 1.29 is 4.79 Å². The van der Waals surface area contributed by atoms with Crippen molar-refractivity contribution in [2.45, 2.75) is 13.5 Å². The molecule has 1 aromatic carbocycles.